The first kappa shape index (κ1) is 12.3. The van der Waals surface area contributed by atoms with Crippen molar-refractivity contribution in [3.05, 3.63) is 17.8 Å². The molecule has 0 atom stereocenters. The van der Waals surface area contributed by atoms with Crippen molar-refractivity contribution in [3.8, 4) is 5.88 Å². The van der Waals surface area contributed by atoms with Crippen LogP contribution < -0.4 is 10.5 Å². The normalized spacial score (nSPS) is 10.2. The molecule has 0 aromatic carbocycles. The average Bonchev–Trinajstić information content (AvgIpc) is 2.21. The van der Waals surface area contributed by atoms with Crippen molar-refractivity contribution in [2.24, 2.45) is 0 Å². The molecular formula is C11H16N2O3. The minimum absolute atomic E-state index is 0.0488. The number of aromatic nitrogens is 1. The summed E-state index contributed by atoms with van der Waals surface area (Å²) in [7, 11) is 0. The van der Waals surface area contributed by atoms with Crippen molar-refractivity contribution in [3.63, 3.8) is 0 Å². The van der Waals surface area contributed by atoms with E-state index in [4.69, 9.17) is 15.2 Å². The molecule has 0 radical (unpaired) electrons. The fraction of sp³-hybridized carbons (Fsp3) is 0.455. The number of carbonyl (C=O) groups is 1. The zero-order valence-corrected chi connectivity index (χ0v) is 9.69. The first-order valence-corrected chi connectivity index (χ1v) is 5.14. The quantitative estimate of drug-likeness (QED) is 0.787. The molecule has 1 heterocycles. The van der Waals surface area contributed by atoms with Crippen LogP contribution >= 0.6 is 0 Å². The van der Waals surface area contributed by atoms with E-state index in [1.54, 1.807) is 6.92 Å². The maximum Gasteiger partial charge on any atom is 0.340 e. The van der Waals surface area contributed by atoms with Crippen LogP contribution in [0.5, 0.6) is 5.88 Å². The largest absolute Gasteiger partial charge is 0.473 e. The molecule has 1 aromatic rings. The smallest absolute Gasteiger partial charge is 0.340 e. The summed E-state index contributed by atoms with van der Waals surface area (Å²) in [4.78, 5) is 15.5. The Morgan fingerprint density at radius 1 is 1.56 bits per heavy atom. The molecule has 16 heavy (non-hydrogen) atoms. The summed E-state index contributed by atoms with van der Waals surface area (Å²) in [5.41, 5.74) is 6.28. The molecule has 0 amide bonds. The molecule has 0 fully saturated rings. The fourth-order valence-corrected chi connectivity index (χ4v) is 1.16. The maximum absolute atomic E-state index is 11.5. The summed E-state index contributed by atoms with van der Waals surface area (Å²) in [5.74, 6) is -0.198. The number of pyridine rings is 1. The number of hydrogen-bond acceptors (Lipinski definition) is 5. The number of nitrogens with zero attached hydrogens (tertiary/aromatic N) is 1. The Hall–Kier alpha value is -1.78. The van der Waals surface area contributed by atoms with Gasteiger partial charge >= 0.3 is 5.97 Å². The van der Waals surface area contributed by atoms with Crippen LogP contribution in [0.4, 0.5) is 5.69 Å². The van der Waals surface area contributed by atoms with Gasteiger partial charge in [0.15, 0.2) is 0 Å². The third-order valence-corrected chi connectivity index (χ3v) is 1.80. The van der Waals surface area contributed by atoms with Crippen LogP contribution in [0.25, 0.3) is 0 Å². The summed E-state index contributed by atoms with van der Waals surface area (Å²) in [6.45, 7) is 5.76. The number of nitrogens with two attached hydrogens (primary N) is 1. The van der Waals surface area contributed by atoms with Crippen molar-refractivity contribution in [1.29, 1.82) is 0 Å². The van der Waals surface area contributed by atoms with Crippen molar-refractivity contribution >= 4 is 11.7 Å². The molecular weight excluding hydrogens is 208 g/mol. The summed E-state index contributed by atoms with van der Waals surface area (Å²) < 4.78 is 10.2. The minimum atomic E-state index is -0.462. The van der Waals surface area contributed by atoms with E-state index in [9.17, 15) is 4.79 Å². The first-order valence-electron chi connectivity index (χ1n) is 5.14. The lowest BCUT2D eigenvalue weighted by Crippen LogP contribution is -2.13. The lowest BCUT2D eigenvalue weighted by Gasteiger charge is -2.12. The predicted octanol–water partition coefficient (Wildman–Crippen LogP) is 1.63. The van der Waals surface area contributed by atoms with Gasteiger partial charge in [0.1, 0.15) is 5.69 Å². The van der Waals surface area contributed by atoms with Crippen molar-refractivity contribution < 1.29 is 14.3 Å². The van der Waals surface area contributed by atoms with E-state index in [1.165, 1.54) is 12.3 Å². The van der Waals surface area contributed by atoms with Crippen LogP contribution in [0.1, 0.15) is 31.1 Å². The third kappa shape index (κ3) is 2.85. The molecule has 88 valence electrons. The van der Waals surface area contributed by atoms with E-state index >= 15 is 0 Å². The van der Waals surface area contributed by atoms with Gasteiger partial charge in [0.2, 0.25) is 5.88 Å². The van der Waals surface area contributed by atoms with E-state index in [0.29, 0.717) is 6.61 Å². The SMILES string of the molecule is CCOC(=O)c1ccnc(OC(C)C)c1N. The molecule has 1 rings (SSSR count). The molecule has 2 N–H and O–H groups in total. The molecule has 0 aliphatic carbocycles. The summed E-state index contributed by atoms with van der Waals surface area (Å²) in [5, 5.41) is 0. The van der Waals surface area contributed by atoms with Crippen molar-refractivity contribution in [2.45, 2.75) is 26.9 Å². The van der Waals surface area contributed by atoms with Crippen LogP contribution in [-0.2, 0) is 4.74 Å². The fourth-order valence-electron chi connectivity index (χ4n) is 1.16. The van der Waals surface area contributed by atoms with Gasteiger partial charge in [-0.05, 0) is 26.8 Å². The third-order valence-electron chi connectivity index (χ3n) is 1.80. The maximum atomic E-state index is 11.5. The Morgan fingerprint density at radius 3 is 2.81 bits per heavy atom. The van der Waals surface area contributed by atoms with E-state index in [-0.39, 0.29) is 23.2 Å². The van der Waals surface area contributed by atoms with E-state index in [2.05, 4.69) is 4.98 Å². The molecule has 5 nitrogen and oxygen atoms in total. The first-order chi connectivity index (χ1) is 7.56. The standard InChI is InChI=1S/C11H16N2O3/c1-4-15-11(14)8-5-6-13-10(9(8)12)16-7(2)3/h5-7H,4,12H2,1-3H3. The number of esters is 1. The molecule has 0 saturated heterocycles. The topological polar surface area (TPSA) is 74.4 Å². The molecule has 0 bridgehead atoms. The van der Waals surface area contributed by atoms with Gasteiger partial charge in [-0.15, -0.1) is 0 Å². The lowest BCUT2D eigenvalue weighted by molar-refractivity contribution is 0.0526. The highest BCUT2D eigenvalue weighted by Gasteiger charge is 2.15. The second-order valence-electron chi connectivity index (χ2n) is 3.46. The summed E-state index contributed by atoms with van der Waals surface area (Å²) in [6.07, 6.45) is 1.42. The molecule has 0 aliphatic rings. The molecule has 0 spiro atoms. The molecule has 0 aliphatic heterocycles. The zero-order valence-electron chi connectivity index (χ0n) is 9.69. The van der Waals surface area contributed by atoms with Crippen molar-refractivity contribution in [2.75, 3.05) is 12.3 Å². The molecule has 0 unspecified atom stereocenters. The summed E-state index contributed by atoms with van der Waals surface area (Å²) >= 11 is 0. The van der Waals surface area contributed by atoms with Gasteiger partial charge in [0, 0.05) is 6.20 Å². The zero-order chi connectivity index (χ0) is 12.1. The molecule has 0 saturated carbocycles. The Morgan fingerprint density at radius 2 is 2.25 bits per heavy atom. The molecule has 1 aromatic heterocycles. The molecule has 5 heteroatoms. The van der Waals surface area contributed by atoms with Crippen molar-refractivity contribution in [1.82, 2.24) is 4.98 Å². The van der Waals surface area contributed by atoms with Crippen LogP contribution in [0, 0.1) is 0 Å². The number of nitrogen functional groups attached to an aromatic ring is 1. The number of carbonyl (C=O) groups excluding carboxylic acids is 1. The second-order valence-corrected chi connectivity index (χ2v) is 3.46. The highest BCUT2D eigenvalue weighted by molar-refractivity contribution is 5.96. The van der Waals surface area contributed by atoms with Gasteiger partial charge in [-0.1, -0.05) is 0 Å². The lowest BCUT2D eigenvalue weighted by atomic mass is 10.2. The predicted molar refractivity (Wildman–Crippen MR) is 60.4 cm³/mol. The Kier molecular flexibility index (Phi) is 4.10. The van der Waals surface area contributed by atoms with Crippen LogP contribution in [-0.4, -0.2) is 23.7 Å². The van der Waals surface area contributed by atoms with Gasteiger partial charge in [-0.25, -0.2) is 9.78 Å². The van der Waals surface area contributed by atoms with Gasteiger partial charge in [0.25, 0.3) is 0 Å². The highest BCUT2D eigenvalue weighted by atomic mass is 16.5. The van der Waals surface area contributed by atoms with Gasteiger partial charge in [0.05, 0.1) is 18.3 Å². The monoisotopic (exact) mass is 224 g/mol. The van der Waals surface area contributed by atoms with Gasteiger partial charge in [-0.3, -0.25) is 0 Å². The highest BCUT2D eigenvalue weighted by Crippen LogP contribution is 2.23. The minimum Gasteiger partial charge on any atom is -0.473 e. The van der Waals surface area contributed by atoms with E-state index < -0.39 is 5.97 Å². The Balaban J connectivity index is 2.99. The van der Waals surface area contributed by atoms with Crippen LogP contribution in [0.3, 0.4) is 0 Å². The number of hydrogen-bond donors (Lipinski definition) is 1. The van der Waals surface area contributed by atoms with Crippen LogP contribution in [0.15, 0.2) is 12.3 Å². The van der Waals surface area contributed by atoms with Crippen LogP contribution in [0.2, 0.25) is 0 Å². The van der Waals surface area contributed by atoms with E-state index in [0.717, 1.165) is 0 Å². The van der Waals surface area contributed by atoms with E-state index in [1.807, 2.05) is 13.8 Å². The van der Waals surface area contributed by atoms with Gasteiger partial charge in [-0.2, -0.15) is 0 Å². The number of rotatable bonds is 4. The number of ether oxygens (including phenoxy) is 2. The number of anilines is 1. The Bertz CT molecular complexity index is 377. The van der Waals surface area contributed by atoms with Gasteiger partial charge < -0.3 is 15.2 Å². The second kappa shape index (κ2) is 5.34. The average molecular weight is 224 g/mol. The Labute approximate surface area is 94.6 Å². The summed E-state index contributed by atoms with van der Waals surface area (Å²) in [6, 6.07) is 1.51.